The average molecular weight is 654 g/mol. The number of nitrogens with zero attached hydrogens (tertiary/aromatic N) is 3. The fourth-order valence-corrected chi connectivity index (χ4v) is 5.12. The average Bonchev–Trinajstić information content (AvgIpc) is 3.34. The van der Waals surface area contributed by atoms with Crippen molar-refractivity contribution in [1.29, 1.82) is 0 Å². The van der Waals surface area contributed by atoms with E-state index >= 15 is 0 Å². The number of rotatable bonds is 7. The van der Waals surface area contributed by atoms with E-state index < -0.39 is 23.9 Å². The van der Waals surface area contributed by atoms with Crippen LogP contribution in [0.2, 0.25) is 5.02 Å². The lowest BCUT2D eigenvalue weighted by Crippen LogP contribution is -2.42. The summed E-state index contributed by atoms with van der Waals surface area (Å²) in [6.07, 6.45) is 3.21. The fraction of sp³-hybridized carbons (Fsp3) is 0.281. The maximum Gasteiger partial charge on any atom is 0.139 e. The summed E-state index contributed by atoms with van der Waals surface area (Å²) in [7, 11) is 1.62. The predicted molar refractivity (Wildman–Crippen MR) is 155 cm³/mol. The molecule has 0 saturated carbocycles. The van der Waals surface area contributed by atoms with Gasteiger partial charge in [-0.2, -0.15) is 0 Å². The SMILES string of the molecule is COc1cc2nc(CC3CCN(Cc4ccccc4)CC3)n(Cc3ccc(F)cc3)c2cc1Cl.O=C([O-])C(=O)[O-].O=C([O-])C(=O)[O-]. The second-order valence-corrected chi connectivity index (χ2v) is 10.7. The zero-order chi connectivity index (χ0) is 33.8. The van der Waals surface area contributed by atoms with Gasteiger partial charge in [0.15, 0.2) is 0 Å². The molecule has 0 spiro atoms. The molecule has 1 saturated heterocycles. The molecule has 0 atom stereocenters. The highest BCUT2D eigenvalue weighted by Gasteiger charge is 2.23. The first kappa shape index (κ1) is 35.5. The van der Waals surface area contributed by atoms with Gasteiger partial charge in [-0.25, -0.2) is 9.37 Å². The quantitative estimate of drug-likeness (QED) is 0.230. The van der Waals surface area contributed by atoms with Gasteiger partial charge < -0.3 is 48.9 Å². The molecule has 14 heteroatoms. The topological polar surface area (TPSA) is 191 Å². The lowest BCUT2D eigenvalue weighted by atomic mass is 9.93. The van der Waals surface area contributed by atoms with Crippen molar-refractivity contribution >= 4 is 46.5 Å². The number of carbonyl (C=O) groups excluding carboxylic acids is 4. The fourth-order valence-electron chi connectivity index (χ4n) is 4.89. The summed E-state index contributed by atoms with van der Waals surface area (Å²) in [4.78, 5) is 43.2. The highest BCUT2D eigenvalue weighted by Crippen LogP contribution is 2.32. The van der Waals surface area contributed by atoms with Crippen LogP contribution in [0, 0.1) is 11.7 Å². The largest absolute Gasteiger partial charge is 0.543 e. The van der Waals surface area contributed by atoms with E-state index in [4.69, 9.17) is 60.9 Å². The molecule has 0 radical (unpaired) electrons. The van der Waals surface area contributed by atoms with Gasteiger partial charge in [0.05, 0.1) is 47.0 Å². The zero-order valence-electron chi connectivity index (χ0n) is 24.6. The smallest absolute Gasteiger partial charge is 0.139 e. The molecule has 244 valence electrons. The van der Waals surface area contributed by atoms with E-state index in [1.54, 1.807) is 7.11 Å². The molecule has 0 N–H and O–H groups in total. The number of likely N-dealkylation sites (tertiary alicyclic amines) is 1. The number of piperidine rings is 1. The van der Waals surface area contributed by atoms with Crippen LogP contribution >= 0.6 is 11.6 Å². The van der Waals surface area contributed by atoms with Gasteiger partial charge in [-0.05, 0) is 61.2 Å². The van der Waals surface area contributed by atoms with Crippen molar-refractivity contribution in [2.24, 2.45) is 5.92 Å². The van der Waals surface area contributed by atoms with Gasteiger partial charge >= 0.3 is 0 Å². The number of aromatic nitrogens is 2. The van der Waals surface area contributed by atoms with Gasteiger partial charge in [0, 0.05) is 25.6 Å². The van der Waals surface area contributed by atoms with Gasteiger partial charge in [-0.3, -0.25) is 4.90 Å². The third kappa shape index (κ3) is 10.6. The minimum absolute atomic E-state index is 0.227. The standard InChI is InChI=1S/C28H29ClFN3O.2C2H2O4/c1-34-27-17-25-26(16-24(27)29)33(19-22-7-9-23(30)10-8-22)28(31-25)15-20-11-13-32(14-12-20)18-21-5-3-2-4-6-21;2*3-1(4)2(5)6/h2-10,16-17,20H,11-15,18-19H2,1H3;2*(H,3,4)(H,5,6)/p-4. The second kappa shape index (κ2) is 16.9. The van der Waals surface area contributed by atoms with Gasteiger partial charge in [0.25, 0.3) is 0 Å². The number of benzene rings is 3. The van der Waals surface area contributed by atoms with Crippen molar-refractivity contribution in [3.05, 3.63) is 94.5 Å². The van der Waals surface area contributed by atoms with Crippen LogP contribution in [0.4, 0.5) is 4.39 Å². The second-order valence-electron chi connectivity index (χ2n) is 10.3. The van der Waals surface area contributed by atoms with E-state index in [-0.39, 0.29) is 5.82 Å². The van der Waals surface area contributed by atoms with E-state index in [0.29, 0.717) is 23.2 Å². The molecule has 1 aliphatic rings. The number of aliphatic carboxylic acids is 4. The Kier molecular flexibility index (Phi) is 13.0. The monoisotopic (exact) mass is 653 g/mol. The van der Waals surface area contributed by atoms with Gasteiger partial charge in [0.2, 0.25) is 0 Å². The van der Waals surface area contributed by atoms with Crippen molar-refractivity contribution in [2.75, 3.05) is 20.2 Å². The van der Waals surface area contributed by atoms with Crippen LogP contribution < -0.4 is 25.2 Å². The molecule has 1 fully saturated rings. The zero-order valence-corrected chi connectivity index (χ0v) is 25.4. The predicted octanol–water partition coefficient (Wildman–Crippen LogP) is -0.687. The number of methoxy groups -OCH3 is 1. The summed E-state index contributed by atoms with van der Waals surface area (Å²) < 4.78 is 21.1. The van der Waals surface area contributed by atoms with Gasteiger partial charge in [-0.15, -0.1) is 0 Å². The minimum atomic E-state index is -2.19. The number of carboxylic acids is 4. The Morgan fingerprint density at radius 3 is 1.91 bits per heavy atom. The van der Waals surface area contributed by atoms with Crippen LogP contribution in [0.1, 0.15) is 29.8 Å². The van der Waals surface area contributed by atoms with Crippen LogP contribution in [-0.4, -0.2) is 58.5 Å². The minimum Gasteiger partial charge on any atom is -0.543 e. The normalized spacial score (nSPS) is 13.1. The number of ether oxygens (including phenoxy) is 1. The number of carboxylic acid groups (broad SMARTS) is 4. The number of hydrogen-bond donors (Lipinski definition) is 0. The maximum atomic E-state index is 13.5. The van der Waals surface area contributed by atoms with E-state index in [1.807, 2.05) is 24.3 Å². The molecule has 3 aromatic carbocycles. The van der Waals surface area contributed by atoms with Crippen LogP contribution in [0.5, 0.6) is 5.75 Å². The van der Waals surface area contributed by atoms with Crippen LogP contribution in [0.25, 0.3) is 11.0 Å². The Balaban J connectivity index is 0.000000410. The Morgan fingerprint density at radius 2 is 1.39 bits per heavy atom. The lowest BCUT2D eigenvalue weighted by Gasteiger charge is -2.32. The Morgan fingerprint density at radius 1 is 0.848 bits per heavy atom. The first-order valence-corrected chi connectivity index (χ1v) is 14.3. The summed E-state index contributed by atoms with van der Waals surface area (Å²) in [5, 5.41) is 36.3. The molecular weight excluding hydrogens is 625 g/mol. The highest BCUT2D eigenvalue weighted by atomic mass is 35.5. The summed E-state index contributed by atoms with van der Waals surface area (Å²) in [5.74, 6) is -6.72. The number of imidazole rings is 1. The first-order valence-electron chi connectivity index (χ1n) is 14.0. The lowest BCUT2D eigenvalue weighted by molar-refractivity contribution is -0.345. The summed E-state index contributed by atoms with van der Waals surface area (Å²) in [6, 6.07) is 21.2. The summed E-state index contributed by atoms with van der Waals surface area (Å²) in [5.41, 5.74) is 4.26. The molecule has 12 nitrogen and oxygen atoms in total. The van der Waals surface area contributed by atoms with E-state index in [1.165, 1.54) is 17.7 Å². The molecule has 0 amide bonds. The van der Waals surface area contributed by atoms with Crippen LogP contribution in [0.15, 0.2) is 66.7 Å². The molecule has 1 aliphatic heterocycles. The maximum absolute atomic E-state index is 13.5. The van der Waals surface area contributed by atoms with E-state index in [2.05, 4.69) is 39.8 Å². The van der Waals surface area contributed by atoms with Crippen molar-refractivity contribution in [2.45, 2.75) is 32.4 Å². The molecule has 46 heavy (non-hydrogen) atoms. The van der Waals surface area contributed by atoms with Crippen molar-refractivity contribution in [3.63, 3.8) is 0 Å². The Labute approximate surface area is 268 Å². The Hall–Kier alpha value is -5.01. The summed E-state index contributed by atoms with van der Waals surface area (Å²) >= 11 is 6.46. The number of carbonyl (C=O) groups is 4. The van der Waals surface area contributed by atoms with Crippen molar-refractivity contribution < 1.29 is 48.7 Å². The number of fused-ring (bicyclic) bond motifs is 1. The molecule has 2 heterocycles. The van der Waals surface area contributed by atoms with Crippen LogP contribution in [0.3, 0.4) is 0 Å². The molecular formula is C32H29ClFN3O9-4. The molecule has 0 unspecified atom stereocenters. The molecule has 5 rings (SSSR count). The molecule has 0 aliphatic carbocycles. The van der Waals surface area contributed by atoms with Crippen molar-refractivity contribution in [3.8, 4) is 5.75 Å². The van der Waals surface area contributed by atoms with Gasteiger partial charge in [-0.1, -0.05) is 54.1 Å². The number of hydrogen-bond acceptors (Lipinski definition) is 11. The van der Waals surface area contributed by atoms with E-state index in [9.17, 15) is 4.39 Å². The molecule has 4 aromatic rings. The third-order valence-corrected chi connectivity index (χ3v) is 7.41. The highest BCUT2D eigenvalue weighted by molar-refractivity contribution is 6.32. The van der Waals surface area contributed by atoms with E-state index in [0.717, 1.165) is 61.3 Å². The molecule has 0 bridgehead atoms. The number of halogens is 2. The van der Waals surface area contributed by atoms with Gasteiger partial charge in [0.1, 0.15) is 17.4 Å². The third-order valence-electron chi connectivity index (χ3n) is 7.12. The van der Waals surface area contributed by atoms with Crippen LogP contribution in [-0.2, 0) is 38.7 Å². The first-order chi connectivity index (χ1) is 21.9. The summed E-state index contributed by atoms with van der Waals surface area (Å²) in [6.45, 7) is 3.82. The van der Waals surface area contributed by atoms with Crippen molar-refractivity contribution in [1.82, 2.24) is 14.5 Å². The molecule has 1 aromatic heterocycles. The Bertz CT molecular complexity index is 1610.